The number of nitrogens with two attached hydrogens (primary N) is 2. The predicted octanol–water partition coefficient (Wildman–Crippen LogP) is 2.13. The molecule has 1 aromatic rings. The van der Waals surface area contributed by atoms with Gasteiger partial charge < -0.3 is 16.2 Å². The average molecular weight is 236 g/mol. The summed E-state index contributed by atoms with van der Waals surface area (Å²) in [7, 11) is 0. The fraction of sp³-hybridized carbons (Fsp3) is 0.462. The van der Waals surface area contributed by atoms with Crippen LogP contribution in [0.2, 0.25) is 0 Å². The van der Waals surface area contributed by atoms with E-state index in [4.69, 9.17) is 16.2 Å². The lowest BCUT2D eigenvalue weighted by molar-refractivity contribution is -0.143. The Morgan fingerprint density at radius 3 is 2.76 bits per heavy atom. The van der Waals surface area contributed by atoms with Crippen molar-refractivity contribution in [2.24, 2.45) is 0 Å². The quantitative estimate of drug-likeness (QED) is 0.450. The number of esters is 1. The molecule has 0 bridgehead atoms. The highest BCUT2D eigenvalue weighted by atomic mass is 16.5. The van der Waals surface area contributed by atoms with Crippen LogP contribution in [0.3, 0.4) is 0 Å². The van der Waals surface area contributed by atoms with E-state index in [-0.39, 0.29) is 5.97 Å². The zero-order chi connectivity index (χ0) is 12.7. The van der Waals surface area contributed by atoms with E-state index in [1.54, 1.807) is 6.07 Å². The molecule has 0 amide bonds. The van der Waals surface area contributed by atoms with Gasteiger partial charge in [-0.05, 0) is 49.9 Å². The Bertz CT molecular complexity index is 378. The molecule has 0 aromatic heterocycles. The maximum atomic E-state index is 11.1. The highest BCUT2D eigenvalue weighted by Gasteiger charge is 2.03. The predicted molar refractivity (Wildman–Crippen MR) is 69.5 cm³/mol. The minimum absolute atomic E-state index is 0.131. The van der Waals surface area contributed by atoms with Gasteiger partial charge in [-0.1, -0.05) is 0 Å². The van der Waals surface area contributed by atoms with Crippen molar-refractivity contribution >= 4 is 17.3 Å². The van der Waals surface area contributed by atoms with Gasteiger partial charge in [0.1, 0.15) is 0 Å². The van der Waals surface area contributed by atoms with Crippen molar-refractivity contribution in [3.63, 3.8) is 0 Å². The number of nitrogen functional groups attached to an aromatic ring is 2. The summed E-state index contributed by atoms with van der Waals surface area (Å²) >= 11 is 0. The van der Waals surface area contributed by atoms with Crippen LogP contribution in [0.15, 0.2) is 18.2 Å². The Morgan fingerprint density at radius 1 is 1.29 bits per heavy atom. The SMILES string of the molecule is CCOC(=O)CCCCc1cc(N)ccc1N. The first-order valence-electron chi connectivity index (χ1n) is 5.93. The Hall–Kier alpha value is -1.71. The molecule has 1 rings (SSSR count). The Labute approximate surface area is 102 Å². The lowest BCUT2D eigenvalue weighted by atomic mass is 10.0. The van der Waals surface area contributed by atoms with Crippen LogP contribution in [0.1, 0.15) is 31.7 Å². The molecule has 0 radical (unpaired) electrons. The van der Waals surface area contributed by atoms with Gasteiger partial charge in [0.15, 0.2) is 0 Å². The topological polar surface area (TPSA) is 78.3 Å². The van der Waals surface area contributed by atoms with Crippen molar-refractivity contribution in [1.29, 1.82) is 0 Å². The zero-order valence-corrected chi connectivity index (χ0v) is 10.2. The summed E-state index contributed by atoms with van der Waals surface area (Å²) in [5.74, 6) is -0.131. The molecule has 94 valence electrons. The van der Waals surface area contributed by atoms with E-state index in [0.717, 1.165) is 36.2 Å². The number of benzene rings is 1. The number of unbranched alkanes of at least 4 members (excludes halogenated alkanes) is 1. The minimum Gasteiger partial charge on any atom is -0.466 e. The third-order valence-corrected chi connectivity index (χ3v) is 2.55. The minimum atomic E-state index is -0.131. The summed E-state index contributed by atoms with van der Waals surface area (Å²) in [6.07, 6.45) is 3.03. The largest absolute Gasteiger partial charge is 0.466 e. The molecule has 4 heteroatoms. The third-order valence-electron chi connectivity index (χ3n) is 2.55. The molecule has 0 aliphatic heterocycles. The van der Waals surface area contributed by atoms with Crippen molar-refractivity contribution < 1.29 is 9.53 Å². The van der Waals surface area contributed by atoms with Gasteiger partial charge >= 0.3 is 5.97 Å². The first kappa shape index (κ1) is 13.4. The summed E-state index contributed by atoms with van der Waals surface area (Å²) < 4.78 is 4.85. The molecule has 4 N–H and O–H groups in total. The second-order valence-corrected chi connectivity index (χ2v) is 3.97. The van der Waals surface area contributed by atoms with Crippen molar-refractivity contribution in [1.82, 2.24) is 0 Å². The number of rotatable bonds is 6. The molecule has 0 unspecified atom stereocenters. The number of hydrogen-bond donors (Lipinski definition) is 2. The Kier molecular flexibility index (Phi) is 5.33. The first-order valence-corrected chi connectivity index (χ1v) is 5.93. The molecule has 0 fully saturated rings. The van der Waals surface area contributed by atoms with Crippen LogP contribution in [-0.4, -0.2) is 12.6 Å². The van der Waals surface area contributed by atoms with Crippen molar-refractivity contribution in [2.45, 2.75) is 32.6 Å². The fourth-order valence-corrected chi connectivity index (χ4v) is 1.66. The van der Waals surface area contributed by atoms with Crippen molar-refractivity contribution in [3.05, 3.63) is 23.8 Å². The van der Waals surface area contributed by atoms with Crippen LogP contribution < -0.4 is 11.5 Å². The van der Waals surface area contributed by atoms with Gasteiger partial charge in [-0.25, -0.2) is 0 Å². The maximum absolute atomic E-state index is 11.1. The molecule has 17 heavy (non-hydrogen) atoms. The van der Waals surface area contributed by atoms with Gasteiger partial charge in [0.2, 0.25) is 0 Å². The summed E-state index contributed by atoms with van der Waals surface area (Å²) in [5.41, 5.74) is 14.1. The zero-order valence-electron chi connectivity index (χ0n) is 10.2. The molecule has 0 saturated heterocycles. The number of hydrogen-bond acceptors (Lipinski definition) is 4. The summed E-state index contributed by atoms with van der Waals surface area (Å²) in [5, 5.41) is 0. The van der Waals surface area contributed by atoms with Crippen LogP contribution in [0.25, 0.3) is 0 Å². The second kappa shape index (κ2) is 6.78. The lowest BCUT2D eigenvalue weighted by Crippen LogP contribution is -2.04. The number of carbonyl (C=O) groups is 1. The molecule has 1 aromatic carbocycles. The number of aryl methyl sites for hydroxylation is 1. The highest BCUT2D eigenvalue weighted by Crippen LogP contribution is 2.18. The summed E-state index contributed by atoms with van der Waals surface area (Å²) in [6.45, 7) is 2.26. The normalized spacial score (nSPS) is 10.2. The van der Waals surface area contributed by atoms with Gasteiger partial charge in [-0.15, -0.1) is 0 Å². The van der Waals surface area contributed by atoms with Crippen LogP contribution in [0.4, 0.5) is 11.4 Å². The third kappa shape index (κ3) is 4.76. The average Bonchev–Trinajstić information content (AvgIpc) is 2.29. The molecule has 0 heterocycles. The van der Waals surface area contributed by atoms with E-state index in [2.05, 4.69) is 0 Å². The molecule has 0 aliphatic carbocycles. The summed E-state index contributed by atoms with van der Waals surface area (Å²) in [4.78, 5) is 11.1. The van der Waals surface area contributed by atoms with Crippen LogP contribution in [0.5, 0.6) is 0 Å². The van der Waals surface area contributed by atoms with E-state index in [9.17, 15) is 4.79 Å². The number of ether oxygens (including phenoxy) is 1. The van der Waals surface area contributed by atoms with Gasteiger partial charge in [0.25, 0.3) is 0 Å². The van der Waals surface area contributed by atoms with Crippen molar-refractivity contribution in [2.75, 3.05) is 18.1 Å². The van der Waals surface area contributed by atoms with Crippen LogP contribution >= 0.6 is 0 Å². The van der Waals surface area contributed by atoms with Crippen molar-refractivity contribution in [3.8, 4) is 0 Å². The molecule has 0 spiro atoms. The maximum Gasteiger partial charge on any atom is 0.305 e. The smallest absolute Gasteiger partial charge is 0.305 e. The summed E-state index contributed by atoms with van der Waals surface area (Å²) in [6, 6.07) is 5.49. The lowest BCUT2D eigenvalue weighted by Gasteiger charge is -2.06. The highest BCUT2D eigenvalue weighted by molar-refractivity contribution is 5.69. The second-order valence-electron chi connectivity index (χ2n) is 3.97. The standard InChI is InChI=1S/C13H20N2O2/c1-2-17-13(16)6-4-3-5-10-9-11(14)7-8-12(10)15/h7-9H,2-6,14-15H2,1H3. The molecule has 0 atom stereocenters. The molecular formula is C13H20N2O2. The molecule has 0 saturated carbocycles. The van der Waals surface area contributed by atoms with Gasteiger partial charge in [0.05, 0.1) is 6.61 Å². The molecular weight excluding hydrogens is 216 g/mol. The number of carbonyl (C=O) groups excluding carboxylic acids is 1. The van der Waals surface area contributed by atoms with E-state index >= 15 is 0 Å². The van der Waals surface area contributed by atoms with Crippen LogP contribution in [0, 0.1) is 0 Å². The first-order chi connectivity index (χ1) is 8.13. The van der Waals surface area contributed by atoms with Gasteiger partial charge in [0, 0.05) is 17.8 Å². The number of anilines is 2. The fourth-order valence-electron chi connectivity index (χ4n) is 1.66. The van der Waals surface area contributed by atoms with E-state index in [1.165, 1.54) is 0 Å². The Balaban J connectivity index is 2.31. The van der Waals surface area contributed by atoms with E-state index < -0.39 is 0 Å². The van der Waals surface area contributed by atoms with Gasteiger partial charge in [-0.3, -0.25) is 4.79 Å². The van der Waals surface area contributed by atoms with E-state index in [1.807, 2.05) is 19.1 Å². The molecule has 4 nitrogen and oxygen atoms in total. The van der Waals surface area contributed by atoms with E-state index in [0.29, 0.717) is 13.0 Å². The Morgan fingerprint density at radius 2 is 2.06 bits per heavy atom. The van der Waals surface area contributed by atoms with Crippen LogP contribution in [-0.2, 0) is 16.0 Å². The van der Waals surface area contributed by atoms with Gasteiger partial charge in [-0.2, -0.15) is 0 Å². The molecule has 0 aliphatic rings. The monoisotopic (exact) mass is 236 g/mol.